The van der Waals surface area contributed by atoms with Crippen LogP contribution in [0.5, 0.6) is 0 Å². The fourth-order valence-electron chi connectivity index (χ4n) is 1.31. The van der Waals surface area contributed by atoms with Crippen LogP contribution in [0.15, 0.2) is 12.2 Å². The molecule has 0 radical (unpaired) electrons. The Kier molecular flexibility index (Phi) is 9.35. The average molecular weight is 370 g/mol. The molecule has 1 atom stereocenters. The molecule has 0 bridgehead atoms. The molecule has 0 aromatic heterocycles. The molecule has 1 unspecified atom stereocenters. The Labute approximate surface area is 142 Å². The maximum atomic E-state index is 12.4. The lowest BCUT2D eigenvalue weighted by molar-refractivity contribution is -0.257. The minimum absolute atomic E-state index is 0.0707. The van der Waals surface area contributed by atoms with Crippen LogP contribution in [-0.2, 0) is 28.6 Å². The van der Waals surface area contributed by atoms with Crippen molar-refractivity contribution >= 4 is 17.7 Å². The van der Waals surface area contributed by atoms with Gasteiger partial charge in [0.15, 0.2) is 5.60 Å². The third-order valence-electron chi connectivity index (χ3n) is 2.88. The molecular formula is C15H21F3O7. The summed E-state index contributed by atoms with van der Waals surface area (Å²) < 4.78 is 51.4. The number of carbonyl (C=O) groups excluding carboxylic acids is 3. The predicted octanol–water partition coefficient (Wildman–Crippen LogP) is 1.33. The van der Waals surface area contributed by atoms with Crippen molar-refractivity contribution in [3.63, 3.8) is 0 Å². The van der Waals surface area contributed by atoms with Gasteiger partial charge >= 0.3 is 18.1 Å². The minimum Gasteiger partial charge on any atom is -0.463 e. The second-order valence-electron chi connectivity index (χ2n) is 5.41. The quantitative estimate of drug-likeness (QED) is 0.253. The molecule has 0 aliphatic rings. The molecular weight excluding hydrogens is 349 g/mol. The molecule has 0 aromatic carbocycles. The van der Waals surface area contributed by atoms with Crippen LogP contribution in [0.2, 0.25) is 0 Å². The topological polar surface area (TPSA) is 99.1 Å². The largest absolute Gasteiger partial charge is 0.463 e. The fourth-order valence-corrected chi connectivity index (χ4v) is 1.31. The molecule has 0 saturated heterocycles. The first-order chi connectivity index (χ1) is 11.4. The number of hydrogen-bond donors (Lipinski definition) is 1. The van der Waals surface area contributed by atoms with Gasteiger partial charge in [0.25, 0.3) is 0 Å². The molecule has 0 saturated carbocycles. The zero-order valence-corrected chi connectivity index (χ0v) is 14.0. The van der Waals surface area contributed by atoms with Crippen LogP contribution in [-0.4, -0.2) is 61.0 Å². The molecule has 0 amide bonds. The van der Waals surface area contributed by atoms with E-state index >= 15 is 0 Å². The summed E-state index contributed by atoms with van der Waals surface area (Å²) in [5.41, 5.74) is -3.11. The van der Waals surface area contributed by atoms with E-state index in [0.717, 1.165) is 0 Å². The first-order valence-corrected chi connectivity index (χ1v) is 7.23. The zero-order chi connectivity index (χ0) is 19.7. The standard InChI is InChI=1S/C15H21F3O7/c1-10(9-23-6-7-24-12(20)8-11(2)19)13(21)25-5-4-14(3,22)15(16,17)18/h22H,1,4-9H2,2-3H3. The third-order valence-corrected chi connectivity index (χ3v) is 2.88. The molecule has 0 aliphatic heterocycles. The highest BCUT2D eigenvalue weighted by Crippen LogP contribution is 2.32. The van der Waals surface area contributed by atoms with Gasteiger partial charge in [-0.3, -0.25) is 9.59 Å². The molecule has 1 N–H and O–H groups in total. The first-order valence-electron chi connectivity index (χ1n) is 7.23. The lowest BCUT2D eigenvalue weighted by Gasteiger charge is -2.25. The number of halogens is 3. The van der Waals surface area contributed by atoms with Crippen molar-refractivity contribution in [3.05, 3.63) is 12.2 Å². The minimum atomic E-state index is -4.83. The number of carbonyl (C=O) groups is 3. The van der Waals surface area contributed by atoms with Crippen LogP contribution >= 0.6 is 0 Å². The SMILES string of the molecule is C=C(COCCOC(=O)CC(C)=O)C(=O)OCCC(C)(O)C(F)(F)F. The van der Waals surface area contributed by atoms with Crippen molar-refractivity contribution in [3.8, 4) is 0 Å². The van der Waals surface area contributed by atoms with E-state index in [1.54, 1.807) is 0 Å². The Bertz CT molecular complexity index is 498. The Hall–Kier alpha value is -1.94. The summed E-state index contributed by atoms with van der Waals surface area (Å²) in [7, 11) is 0. The molecule has 0 heterocycles. The van der Waals surface area contributed by atoms with E-state index in [9.17, 15) is 32.7 Å². The number of ether oxygens (including phenoxy) is 3. The van der Waals surface area contributed by atoms with Crippen molar-refractivity contribution in [2.75, 3.05) is 26.4 Å². The average Bonchev–Trinajstić information content (AvgIpc) is 2.44. The normalized spacial score (nSPS) is 13.7. The van der Waals surface area contributed by atoms with E-state index in [4.69, 9.17) is 4.74 Å². The Morgan fingerprint density at radius 1 is 1.08 bits per heavy atom. The maximum absolute atomic E-state index is 12.4. The van der Waals surface area contributed by atoms with Gasteiger partial charge in [0.2, 0.25) is 0 Å². The highest BCUT2D eigenvalue weighted by Gasteiger charge is 2.49. The van der Waals surface area contributed by atoms with E-state index in [1.807, 2.05) is 0 Å². The summed E-state index contributed by atoms with van der Waals surface area (Å²) in [5, 5.41) is 9.18. The Morgan fingerprint density at radius 2 is 1.68 bits per heavy atom. The number of esters is 2. The van der Waals surface area contributed by atoms with E-state index in [1.165, 1.54) is 6.92 Å². The number of hydrogen-bond acceptors (Lipinski definition) is 7. The van der Waals surface area contributed by atoms with Crippen LogP contribution in [0.4, 0.5) is 13.2 Å². The molecule has 7 nitrogen and oxygen atoms in total. The van der Waals surface area contributed by atoms with Crippen LogP contribution in [0.25, 0.3) is 0 Å². The summed E-state index contributed by atoms with van der Waals surface area (Å²) in [6, 6.07) is 0. The van der Waals surface area contributed by atoms with Gasteiger partial charge < -0.3 is 19.3 Å². The van der Waals surface area contributed by atoms with Crippen molar-refractivity contribution in [2.45, 2.75) is 38.5 Å². The van der Waals surface area contributed by atoms with Crippen molar-refractivity contribution in [1.82, 2.24) is 0 Å². The van der Waals surface area contributed by atoms with Crippen molar-refractivity contribution in [2.24, 2.45) is 0 Å². The molecule has 0 fully saturated rings. The van der Waals surface area contributed by atoms with Gasteiger partial charge in [-0.1, -0.05) is 6.58 Å². The molecule has 10 heteroatoms. The molecule has 0 aromatic rings. The summed E-state index contributed by atoms with van der Waals surface area (Å²) in [6.07, 6.45) is -6.00. The molecule has 0 rings (SSSR count). The molecule has 25 heavy (non-hydrogen) atoms. The van der Waals surface area contributed by atoms with Crippen LogP contribution in [0, 0.1) is 0 Å². The van der Waals surface area contributed by atoms with E-state index in [2.05, 4.69) is 16.1 Å². The van der Waals surface area contributed by atoms with Gasteiger partial charge in [0.05, 0.1) is 25.4 Å². The van der Waals surface area contributed by atoms with Crippen molar-refractivity contribution in [1.29, 1.82) is 0 Å². The van der Waals surface area contributed by atoms with E-state index < -0.39 is 36.7 Å². The molecule has 0 spiro atoms. The summed E-state index contributed by atoms with van der Waals surface area (Å²) >= 11 is 0. The first kappa shape index (κ1) is 23.1. The highest BCUT2D eigenvalue weighted by atomic mass is 19.4. The van der Waals surface area contributed by atoms with Crippen LogP contribution in [0.1, 0.15) is 26.7 Å². The van der Waals surface area contributed by atoms with Crippen molar-refractivity contribution < 1.29 is 46.9 Å². The van der Waals surface area contributed by atoms with Gasteiger partial charge in [0.1, 0.15) is 18.8 Å². The highest BCUT2D eigenvalue weighted by molar-refractivity contribution is 5.94. The monoisotopic (exact) mass is 370 g/mol. The second-order valence-corrected chi connectivity index (χ2v) is 5.41. The van der Waals surface area contributed by atoms with Crippen LogP contribution < -0.4 is 0 Å². The number of Topliss-reactive ketones (excluding diaryl/α,β-unsaturated/α-hetero) is 1. The van der Waals surface area contributed by atoms with Gasteiger partial charge in [0, 0.05) is 6.42 Å². The number of alkyl halides is 3. The molecule has 0 aliphatic carbocycles. The van der Waals surface area contributed by atoms with Gasteiger partial charge in [-0.05, 0) is 13.8 Å². The Morgan fingerprint density at radius 3 is 2.20 bits per heavy atom. The molecule has 144 valence electrons. The maximum Gasteiger partial charge on any atom is 0.417 e. The lowest BCUT2D eigenvalue weighted by Crippen LogP contribution is -2.43. The van der Waals surface area contributed by atoms with Crippen LogP contribution in [0.3, 0.4) is 0 Å². The number of ketones is 1. The van der Waals surface area contributed by atoms with Gasteiger partial charge in [-0.2, -0.15) is 13.2 Å². The summed E-state index contributed by atoms with van der Waals surface area (Å²) in [6.45, 7) is 4.04. The zero-order valence-electron chi connectivity index (χ0n) is 14.0. The Balaban J connectivity index is 3.92. The predicted molar refractivity (Wildman–Crippen MR) is 78.5 cm³/mol. The lowest BCUT2D eigenvalue weighted by atomic mass is 10.0. The summed E-state index contributed by atoms with van der Waals surface area (Å²) in [4.78, 5) is 33.2. The second kappa shape index (κ2) is 10.1. The van der Waals surface area contributed by atoms with E-state index in [-0.39, 0.29) is 37.6 Å². The van der Waals surface area contributed by atoms with Gasteiger partial charge in [-0.25, -0.2) is 4.79 Å². The van der Waals surface area contributed by atoms with E-state index in [0.29, 0.717) is 6.92 Å². The number of rotatable bonds is 11. The fraction of sp³-hybridized carbons (Fsp3) is 0.667. The summed E-state index contributed by atoms with van der Waals surface area (Å²) in [5.74, 6) is -2.01. The smallest absolute Gasteiger partial charge is 0.417 e. The third kappa shape index (κ3) is 9.82. The van der Waals surface area contributed by atoms with Gasteiger partial charge in [-0.15, -0.1) is 0 Å². The number of aliphatic hydroxyl groups is 1.